The van der Waals surface area contributed by atoms with Gasteiger partial charge < -0.3 is 14.2 Å². The Bertz CT molecular complexity index is 1560. The normalized spacial score (nSPS) is 12.7. The fraction of sp³-hybridized carbons (Fsp3) is 0.743. The van der Waals surface area contributed by atoms with E-state index in [-0.39, 0.29) is 31.1 Å². The predicted octanol–water partition coefficient (Wildman–Crippen LogP) is 23.6. The quantitative estimate of drug-likeness (QED) is 0.0261. The zero-order valence-electron chi connectivity index (χ0n) is 52.8. The lowest BCUT2D eigenvalue weighted by Gasteiger charge is -2.18. The third-order valence-electron chi connectivity index (χ3n) is 14.8. The molecular weight excluding hydrogens is 985 g/mol. The van der Waals surface area contributed by atoms with Gasteiger partial charge in [-0.1, -0.05) is 317 Å². The predicted molar refractivity (Wildman–Crippen MR) is 348 cm³/mol. The van der Waals surface area contributed by atoms with Crippen LogP contribution in [0.1, 0.15) is 335 Å². The fourth-order valence-corrected chi connectivity index (χ4v) is 9.78. The topological polar surface area (TPSA) is 78.9 Å². The molecule has 1 unspecified atom stereocenters. The number of allylic oxidation sites excluding steroid dienone is 16. The molecule has 0 amide bonds. The summed E-state index contributed by atoms with van der Waals surface area (Å²) >= 11 is 0. The lowest BCUT2D eigenvalue weighted by Crippen LogP contribution is -2.30. The Morgan fingerprint density at radius 3 is 0.787 bits per heavy atom. The summed E-state index contributed by atoms with van der Waals surface area (Å²) in [5.41, 5.74) is 0. The largest absolute Gasteiger partial charge is 0.462 e. The Hall–Kier alpha value is -3.67. The summed E-state index contributed by atoms with van der Waals surface area (Å²) < 4.78 is 16.9. The third kappa shape index (κ3) is 65.1. The second-order valence-corrected chi connectivity index (χ2v) is 22.7. The van der Waals surface area contributed by atoms with Crippen molar-refractivity contribution in [3.05, 3.63) is 97.2 Å². The monoisotopic (exact) mass is 1110 g/mol. The number of rotatable bonds is 62. The van der Waals surface area contributed by atoms with Gasteiger partial charge in [0.15, 0.2) is 6.10 Å². The molecule has 0 aromatic carbocycles. The molecule has 0 spiro atoms. The lowest BCUT2D eigenvalue weighted by molar-refractivity contribution is -0.167. The maximum atomic E-state index is 12.9. The molecule has 0 aliphatic rings. The first-order chi connectivity index (χ1) is 39.5. The van der Waals surface area contributed by atoms with Gasteiger partial charge in [0.1, 0.15) is 13.2 Å². The first-order valence-electron chi connectivity index (χ1n) is 34.2. The van der Waals surface area contributed by atoms with Crippen LogP contribution in [0.15, 0.2) is 97.2 Å². The summed E-state index contributed by atoms with van der Waals surface area (Å²) in [5, 5.41) is 0. The van der Waals surface area contributed by atoms with E-state index in [0.717, 1.165) is 109 Å². The highest BCUT2D eigenvalue weighted by atomic mass is 16.6. The summed E-state index contributed by atoms with van der Waals surface area (Å²) in [4.78, 5) is 38.3. The van der Waals surface area contributed by atoms with Gasteiger partial charge in [-0.3, -0.25) is 14.4 Å². The van der Waals surface area contributed by atoms with E-state index in [1.807, 2.05) is 0 Å². The molecule has 0 aromatic rings. The molecule has 460 valence electrons. The molecular formula is C74H128O6. The Balaban J connectivity index is 4.22. The Labute approximate surface area is 496 Å². The van der Waals surface area contributed by atoms with Gasteiger partial charge in [-0.15, -0.1) is 0 Å². The van der Waals surface area contributed by atoms with Crippen LogP contribution in [-0.4, -0.2) is 37.2 Å². The van der Waals surface area contributed by atoms with E-state index in [4.69, 9.17) is 14.2 Å². The van der Waals surface area contributed by atoms with E-state index in [0.29, 0.717) is 19.3 Å². The van der Waals surface area contributed by atoms with E-state index in [1.54, 1.807) is 0 Å². The van der Waals surface area contributed by atoms with Crippen LogP contribution >= 0.6 is 0 Å². The van der Waals surface area contributed by atoms with Gasteiger partial charge in [-0.25, -0.2) is 0 Å². The van der Waals surface area contributed by atoms with Crippen LogP contribution in [0.5, 0.6) is 0 Å². The van der Waals surface area contributed by atoms with Crippen LogP contribution in [0.2, 0.25) is 0 Å². The summed E-state index contributed by atoms with van der Waals surface area (Å²) in [6.45, 7) is 6.42. The number of hydrogen-bond acceptors (Lipinski definition) is 6. The van der Waals surface area contributed by atoms with Crippen molar-refractivity contribution in [1.82, 2.24) is 0 Å². The molecule has 1 atom stereocenters. The van der Waals surface area contributed by atoms with Gasteiger partial charge in [-0.2, -0.15) is 0 Å². The number of carbonyl (C=O) groups excluding carboxylic acids is 3. The van der Waals surface area contributed by atoms with Crippen molar-refractivity contribution in [2.24, 2.45) is 0 Å². The average molecular weight is 1110 g/mol. The van der Waals surface area contributed by atoms with Crippen molar-refractivity contribution in [3.63, 3.8) is 0 Å². The summed E-state index contributed by atoms with van der Waals surface area (Å²) in [6.07, 6.45) is 91.6. The summed E-state index contributed by atoms with van der Waals surface area (Å²) in [7, 11) is 0. The Kier molecular flexibility index (Phi) is 64.7. The van der Waals surface area contributed by atoms with Crippen molar-refractivity contribution < 1.29 is 28.6 Å². The number of ether oxygens (including phenoxy) is 3. The maximum absolute atomic E-state index is 12.9. The first kappa shape index (κ1) is 76.3. The third-order valence-corrected chi connectivity index (χ3v) is 14.8. The molecule has 0 radical (unpaired) electrons. The van der Waals surface area contributed by atoms with Crippen LogP contribution in [0, 0.1) is 0 Å². The molecule has 0 rings (SSSR count). The molecule has 80 heavy (non-hydrogen) atoms. The molecule has 0 saturated heterocycles. The van der Waals surface area contributed by atoms with Crippen LogP contribution in [-0.2, 0) is 28.6 Å². The van der Waals surface area contributed by atoms with Crippen molar-refractivity contribution in [3.8, 4) is 0 Å². The smallest absolute Gasteiger partial charge is 0.306 e. The van der Waals surface area contributed by atoms with Crippen LogP contribution in [0.25, 0.3) is 0 Å². The minimum absolute atomic E-state index is 0.0861. The number of hydrogen-bond donors (Lipinski definition) is 0. The number of esters is 3. The van der Waals surface area contributed by atoms with Gasteiger partial charge >= 0.3 is 17.9 Å². The second kappa shape index (κ2) is 67.8. The molecule has 0 aliphatic carbocycles. The fourth-order valence-electron chi connectivity index (χ4n) is 9.78. The lowest BCUT2D eigenvalue weighted by atomic mass is 10.0. The maximum Gasteiger partial charge on any atom is 0.306 e. The standard InChI is InChI=1S/C74H128O6/c1-4-7-10-13-16-19-22-25-28-30-31-32-33-34-35-36-37-38-39-40-41-42-43-44-47-49-52-55-58-61-64-67-73(76)79-70-71(69-78-72(75)66-63-60-57-54-51-48-45-27-24-21-18-15-12-9-6-3)80-74(77)68-65-62-59-56-53-50-46-29-26-23-20-17-14-11-8-5-2/h7,9-10,12,16,18-19,21,25,27-28,31-32,45,51,54,71H,4-6,8,11,13-15,17,20,22-24,26,29-30,33-44,46-50,52-53,55-70H2,1-3H3/b10-7-,12-9-,19-16-,21-18-,28-25-,32-31-,45-27-,54-51-. The van der Waals surface area contributed by atoms with E-state index >= 15 is 0 Å². The first-order valence-corrected chi connectivity index (χ1v) is 34.2. The summed E-state index contributed by atoms with van der Waals surface area (Å²) in [5.74, 6) is -0.912. The minimum atomic E-state index is -0.792. The van der Waals surface area contributed by atoms with Crippen molar-refractivity contribution in [2.75, 3.05) is 13.2 Å². The molecule has 0 N–H and O–H groups in total. The van der Waals surface area contributed by atoms with E-state index in [1.165, 1.54) is 186 Å². The van der Waals surface area contributed by atoms with Gasteiger partial charge in [-0.05, 0) is 96.3 Å². The molecule has 0 bridgehead atoms. The van der Waals surface area contributed by atoms with Crippen molar-refractivity contribution in [1.29, 1.82) is 0 Å². The highest BCUT2D eigenvalue weighted by Gasteiger charge is 2.19. The molecule has 0 aliphatic heterocycles. The van der Waals surface area contributed by atoms with Gasteiger partial charge in [0.2, 0.25) is 0 Å². The Morgan fingerprint density at radius 1 is 0.263 bits per heavy atom. The molecule has 0 aromatic heterocycles. The molecule has 0 fully saturated rings. The van der Waals surface area contributed by atoms with E-state index in [2.05, 4.69) is 118 Å². The molecule has 0 saturated carbocycles. The SMILES string of the molecule is CC/C=C\C/C=C\C/C=C\C/C=C\CCCCCCCCCCCCCCCCCCCCC(=O)OCC(COC(=O)CCCC/C=C\C/C=C\C/C=C\C/C=C\CC)OC(=O)CCCCCCCCCCCCCCCCCC. The molecule has 0 heterocycles. The van der Waals surface area contributed by atoms with Crippen LogP contribution < -0.4 is 0 Å². The van der Waals surface area contributed by atoms with E-state index in [9.17, 15) is 14.4 Å². The van der Waals surface area contributed by atoms with Gasteiger partial charge in [0.25, 0.3) is 0 Å². The highest BCUT2D eigenvalue weighted by molar-refractivity contribution is 5.71. The highest BCUT2D eigenvalue weighted by Crippen LogP contribution is 2.18. The van der Waals surface area contributed by atoms with Crippen molar-refractivity contribution in [2.45, 2.75) is 341 Å². The zero-order valence-corrected chi connectivity index (χ0v) is 52.8. The molecule has 6 nitrogen and oxygen atoms in total. The van der Waals surface area contributed by atoms with Crippen molar-refractivity contribution >= 4 is 17.9 Å². The van der Waals surface area contributed by atoms with Gasteiger partial charge in [0, 0.05) is 19.3 Å². The second-order valence-electron chi connectivity index (χ2n) is 22.7. The Morgan fingerprint density at radius 2 is 0.487 bits per heavy atom. The van der Waals surface area contributed by atoms with Gasteiger partial charge in [0.05, 0.1) is 0 Å². The van der Waals surface area contributed by atoms with Crippen LogP contribution in [0.4, 0.5) is 0 Å². The number of unbranched alkanes of at least 4 members (excludes halogenated alkanes) is 35. The average Bonchev–Trinajstić information content (AvgIpc) is 3.46. The zero-order chi connectivity index (χ0) is 57.8. The van der Waals surface area contributed by atoms with Crippen LogP contribution in [0.3, 0.4) is 0 Å². The number of carbonyl (C=O) groups is 3. The summed E-state index contributed by atoms with van der Waals surface area (Å²) in [6, 6.07) is 0. The molecule has 6 heteroatoms. The minimum Gasteiger partial charge on any atom is -0.462 e. The van der Waals surface area contributed by atoms with E-state index < -0.39 is 6.10 Å².